The lowest BCUT2D eigenvalue weighted by Crippen LogP contribution is -2.44. The maximum Gasteiger partial charge on any atom is 0.413 e. The molecule has 0 radical (unpaired) electrons. The Kier molecular flexibility index (Phi) is 6.50. The Morgan fingerprint density at radius 1 is 1.06 bits per heavy atom. The Bertz CT molecular complexity index is 1220. The molecule has 1 fully saturated rings. The van der Waals surface area contributed by atoms with Crippen molar-refractivity contribution in [3.8, 4) is 11.1 Å². The van der Waals surface area contributed by atoms with Crippen LogP contribution in [0.5, 0.6) is 0 Å². The van der Waals surface area contributed by atoms with Crippen LogP contribution in [0.1, 0.15) is 52.4 Å². The van der Waals surface area contributed by atoms with E-state index >= 15 is 0 Å². The summed E-state index contributed by atoms with van der Waals surface area (Å²) in [5.74, 6) is -1.20. The molecule has 2 aliphatic carbocycles. The molecule has 3 aromatic rings. The molecule has 9 heteroatoms. The molecule has 0 spiro atoms. The first kappa shape index (κ1) is 23.0. The fraction of sp³-hybridized carbons (Fsp3) is 0.308. The highest BCUT2D eigenvalue weighted by Crippen LogP contribution is 2.44. The highest BCUT2D eigenvalue weighted by Gasteiger charge is 2.31. The first-order valence-electron chi connectivity index (χ1n) is 11.6. The molecular formula is C26H25N3O5S. The highest BCUT2D eigenvalue weighted by molar-refractivity contribution is 7.17. The Morgan fingerprint density at radius 3 is 2.31 bits per heavy atom. The molecule has 1 saturated carbocycles. The Balaban J connectivity index is 1.18. The number of rotatable bonds is 8. The van der Waals surface area contributed by atoms with Crippen LogP contribution < -0.4 is 10.6 Å². The summed E-state index contributed by atoms with van der Waals surface area (Å²) in [7, 11) is 0. The van der Waals surface area contributed by atoms with E-state index in [9.17, 15) is 14.4 Å². The molecule has 0 aliphatic heterocycles. The van der Waals surface area contributed by atoms with Crippen LogP contribution >= 0.6 is 11.3 Å². The predicted molar refractivity (Wildman–Crippen MR) is 132 cm³/mol. The number of hydrogen-bond acceptors (Lipinski definition) is 6. The number of nitrogens with zero attached hydrogens (tertiary/aromatic N) is 1. The van der Waals surface area contributed by atoms with Gasteiger partial charge >= 0.3 is 12.1 Å². The summed E-state index contributed by atoms with van der Waals surface area (Å²) >= 11 is 1.02. The number of ether oxygens (including phenoxy) is 1. The number of aromatic nitrogens is 1. The van der Waals surface area contributed by atoms with E-state index < -0.39 is 18.1 Å². The minimum atomic E-state index is -0.941. The summed E-state index contributed by atoms with van der Waals surface area (Å²) in [4.78, 5) is 40.7. The summed E-state index contributed by atoms with van der Waals surface area (Å²) in [6, 6.07) is 15.8. The molecule has 3 N–H and O–H groups in total. The van der Waals surface area contributed by atoms with Gasteiger partial charge in [0, 0.05) is 12.0 Å². The van der Waals surface area contributed by atoms with E-state index in [1.165, 1.54) is 6.20 Å². The number of carbonyl (C=O) groups is 3. The summed E-state index contributed by atoms with van der Waals surface area (Å²) in [6.45, 7) is 0.177. The molecule has 0 bridgehead atoms. The second kappa shape index (κ2) is 9.87. The molecule has 1 atom stereocenters. The number of benzene rings is 2. The van der Waals surface area contributed by atoms with E-state index in [2.05, 4.69) is 27.8 Å². The summed E-state index contributed by atoms with van der Waals surface area (Å²) in [5.41, 5.74) is 4.54. The van der Waals surface area contributed by atoms with E-state index in [0.29, 0.717) is 4.88 Å². The molecule has 180 valence electrons. The van der Waals surface area contributed by atoms with Crippen molar-refractivity contribution in [1.29, 1.82) is 0 Å². The van der Waals surface area contributed by atoms with E-state index in [0.717, 1.165) is 52.9 Å². The first-order valence-corrected chi connectivity index (χ1v) is 12.4. The summed E-state index contributed by atoms with van der Waals surface area (Å²) in [5, 5.41) is 14.8. The summed E-state index contributed by atoms with van der Waals surface area (Å²) < 4.78 is 5.53. The zero-order valence-corrected chi connectivity index (χ0v) is 19.7. The number of nitrogens with one attached hydrogen (secondary N) is 2. The van der Waals surface area contributed by atoms with Crippen LogP contribution in [0.3, 0.4) is 0 Å². The predicted octanol–water partition coefficient (Wildman–Crippen LogP) is 4.88. The van der Waals surface area contributed by atoms with Crippen LogP contribution in [0.2, 0.25) is 0 Å². The molecule has 0 saturated heterocycles. The van der Waals surface area contributed by atoms with Gasteiger partial charge in [-0.1, -0.05) is 66.3 Å². The lowest BCUT2D eigenvalue weighted by molar-refractivity contribution is -0.138. The lowest BCUT2D eigenvalue weighted by Gasteiger charge is -2.33. The van der Waals surface area contributed by atoms with Crippen LogP contribution in [0, 0.1) is 5.92 Å². The van der Waals surface area contributed by atoms with Crippen molar-refractivity contribution in [2.45, 2.75) is 37.6 Å². The van der Waals surface area contributed by atoms with Crippen LogP contribution in [0.25, 0.3) is 11.1 Å². The van der Waals surface area contributed by atoms with Gasteiger partial charge in [0.25, 0.3) is 5.91 Å². The normalized spacial score (nSPS) is 15.4. The van der Waals surface area contributed by atoms with Gasteiger partial charge in [0.2, 0.25) is 0 Å². The second-order valence-corrected chi connectivity index (χ2v) is 9.88. The number of anilines is 1. The van der Waals surface area contributed by atoms with Crippen molar-refractivity contribution in [3.05, 3.63) is 70.7 Å². The number of amides is 2. The maximum atomic E-state index is 12.6. The number of fused-ring (bicyclic) bond motifs is 3. The molecule has 2 aliphatic rings. The second-order valence-electron chi connectivity index (χ2n) is 8.85. The van der Waals surface area contributed by atoms with Gasteiger partial charge in [-0.15, -0.1) is 0 Å². The van der Waals surface area contributed by atoms with Crippen molar-refractivity contribution in [1.82, 2.24) is 10.3 Å². The molecular weight excluding hydrogens is 466 g/mol. The molecule has 35 heavy (non-hydrogen) atoms. The summed E-state index contributed by atoms with van der Waals surface area (Å²) in [6.07, 6.45) is 3.49. The molecule has 2 aromatic carbocycles. The third kappa shape index (κ3) is 4.90. The molecule has 1 aromatic heterocycles. The van der Waals surface area contributed by atoms with Crippen LogP contribution in [-0.2, 0) is 9.53 Å². The number of hydrogen-bond donors (Lipinski definition) is 3. The van der Waals surface area contributed by atoms with Crippen LogP contribution in [0.15, 0.2) is 54.7 Å². The van der Waals surface area contributed by atoms with Gasteiger partial charge in [0.05, 0.1) is 12.6 Å². The van der Waals surface area contributed by atoms with Crippen molar-refractivity contribution in [2.75, 3.05) is 11.9 Å². The molecule has 2 amide bonds. The van der Waals surface area contributed by atoms with Crippen molar-refractivity contribution in [2.24, 2.45) is 5.92 Å². The maximum absolute atomic E-state index is 12.6. The minimum Gasteiger partial charge on any atom is -0.481 e. The average molecular weight is 492 g/mol. The number of carboxylic acids is 1. The first-order chi connectivity index (χ1) is 17.0. The molecule has 8 nitrogen and oxygen atoms in total. The van der Waals surface area contributed by atoms with Crippen molar-refractivity contribution < 1.29 is 24.2 Å². The van der Waals surface area contributed by atoms with Gasteiger partial charge in [-0.3, -0.25) is 14.9 Å². The van der Waals surface area contributed by atoms with E-state index in [1.54, 1.807) is 0 Å². The standard InChI is InChI=1S/C26H25N3O5S/c30-23(31)12-21(15-6-5-7-15)28-24(32)22-13-27-25(35-22)29-26(33)34-14-20-18-10-3-1-8-16(18)17-9-2-4-11-19(17)20/h1-4,8-11,13,15,20-21H,5-7,12,14H2,(H,28,32)(H,30,31)(H,27,29,33). The molecule has 1 unspecified atom stereocenters. The monoisotopic (exact) mass is 491 g/mol. The Labute approximate surface area is 206 Å². The third-order valence-corrected chi connectivity index (χ3v) is 7.62. The fourth-order valence-electron chi connectivity index (χ4n) is 4.76. The zero-order valence-electron chi connectivity index (χ0n) is 18.9. The number of carbonyl (C=O) groups excluding carboxylic acids is 2. The molecule has 1 heterocycles. The van der Waals surface area contributed by atoms with E-state index in [-0.39, 0.29) is 35.9 Å². The third-order valence-electron chi connectivity index (χ3n) is 6.71. The van der Waals surface area contributed by atoms with Gasteiger partial charge in [-0.25, -0.2) is 9.78 Å². The number of carboxylic acid groups (broad SMARTS) is 1. The fourth-order valence-corrected chi connectivity index (χ4v) is 5.47. The van der Waals surface area contributed by atoms with E-state index in [1.807, 2.05) is 36.4 Å². The largest absolute Gasteiger partial charge is 0.481 e. The lowest BCUT2D eigenvalue weighted by atomic mass is 9.78. The van der Waals surface area contributed by atoms with Gasteiger partial charge in [0.1, 0.15) is 11.5 Å². The zero-order chi connectivity index (χ0) is 24.4. The number of aliphatic carboxylic acids is 1. The SMILES string of the molecule is O=C(O)CC(NC(=O)c1cnc(NC(=O)OCC2c3ccccc3-c3ccccc32)s1)C1CCC1. The number of thiazole rings is 1. The van der Waals surface area contributed by atoms with Crippen molar-refractivity contribution in [3.63, 3.8) is 0 Å². The van der Waals surface area contributed by atoms with Gasteiger partial charge in [-0.05, 0) is 41.0 Å². The van der Waals surface area contributed by atoms with Crippen LogP contribution in [0.4, 0.5) is 9.93 Å². The Morgan fingerprint density at radius 2 is 1.71 bits per heavy atom. The van der Waals surface area contributed by atoms with Crippen LogP contribution in [-0.4, -0.2) is 40.7 Å². The Hall–Kier alpha value is -3.72. The highest BCUT2D eigenvalue weighted by atomic mass is 32.1. The topological polar surface area (TPSA) is 118 Å². The van der Waals surface area contributed by atoms with Crippen molar-refractivity contribution >= 4 is 34.4 Å². The minimum absolute atomic E-state index is 0.0524. The molecule has 5 rings (SSSR count). The van der Waals surface area contributed by atoms with Gasteiger partial charge < -0.3 is 15.2 Å². The quantitative estimate of drug-likeness (QED) is 0.414. The van der Waals surface area contributed by atoms with Gasteiger partial charge in [-0.2, -0.15) is 0 Å². The van der Waals surface area contributed by atoms with E-state index in [4.69, 9.17) is 9.84 Å². The van der Waals surface area contributed by atoms with Gasteiger partial charge in [0.15, 0.2) is 5.13 Å². The smallest absolute Gasteiger partial charge is 0.413 e. The average Bonchev–Trinajstić information content (AvgIpc) is 3.39.